The summed E-state index contributed by atoms with van der Waals surface area (Å²) < 4.78 is 0. The van der Waals surface area contributed by atoms with E-state index in [0.29, 0.717) is 0 Å². The molecule has 0 radical (unpaired) electrons. The molecule has 0 aliphatic rings. The van der Waals surface area contributed by atoms with Crippen molar-refractivity contribution in [2.24, 2.45) is 0 Å². The van der Waals surface area contributed by atoms with Gasteiger partial charge in [0.15, 0.2) is 0 Å². The molecule has 0 bridgehead atoms. The van der Waals surface area contributed by atoms with Crippen LogP contribution in [0.25, 0.3) is 10.8 Å². The van der Waals surface area contributed by atoms with Crippen LogP contribution in [0.1, 0.15) is 12.5 Å². The van der Waals surface area contributed by atoms with Crippen LogP contribution in [0, 0.1) is 0 Å². The second-order valence-electron chi connectivity index (χ2n) is 4.07. The molecule has 3 heteroatoms. The van der Waals surface area contributed by atoms with Gasteiger partial charge in [-0.25, -0.2) is 0 Å². The maximum atomic E-state index is 4.93. The van der Waals surface area contributed by atoms with E-state index in [2.05, 4.69) is 73.7 Å². The first kappa shape index (κ1) is 17.6. The second-order valence-corrected chi connectivity index (χ2v) is 7.80. The number of fused-ring (bicyclic) bond motifs is 1. The Kier molecular flexibility index (Phi) is 9.84. The molecule has 0 spiro atoms. The molecule has 3 aromatic rings. The standard InChI is InChI=1S/C9H7.C8H10.2ClH.Zr/c1-2-5-9-7-3-6-8(9)4-1;1-2-8-6-4-3-5-7-8;;;/h1-7H;3-7H,2H2,1H3;2*1H;/q-1;;;;+2/p-2. The van der Waals surface area contributed by atoms with Crippen molar-refractivity contribution in [3.63, 3.8) is 0 Å². The largest absolute Gasteiger partial charge is 0.168 e. The smallest absolute Gasteiger partial charge is 0.0809 e. The second kappa shape index (κ2) is 11.2. The Bertz CT molecular complexity index is 545. The number of rotatable bonds is 1. The van der Waals surface area contributed by atoms with Crippen molar-refractivity contribution in [3.05, 3.63) is 78.4 Å². The summed E-state index contributed by atoms with van der Waals surface area (Å²) in [5.74, 6) is 0. The van der Waals surface area contributed by atoms with E-state index in [-0.39, 0.29) is 0 Å². The Morgan fingerprint density at radius 1 is 0.900 bits per heavy atom. The van der Waals surface area contributed by atoms with Crippen LogP contribution in [0.15, 0.2) is 72.8 Å². The van der Waals surface area contributed by atoms with Crippen LogP contribution in [0.5, 0.6) is 0 Å². The van der Waals surface area contributed by atoms with Gasteiger partial charge in [-0.3, -0.25) is 0 Å². The van der Waals surface area contributed by atoms with Crippen molar-refractivity contribution in [2.75, 3.05) is 0 Å². The number of aryl methyl sites for hydroxylation is 1. The molecule has 0 nitrogen and oxygen atoms in total. The summed E-state index contributed by atoms with van der Waals surface area (Å²) in [6.45, 7) is 2.16. The van der Waals surface area contributed by atoms with Crippen molar-refractivity contribution in [1.29, 1.82) is 0 Å². The Labute approximate surface area is 139 Å². The van der Waals surface area contributed by atoms with Gasteiger partial charge in [0, 0.05) is 0 Å². The van der Waals surface area contributed by atoms with Gasteiger partial charge in [-0.2, -0.15) is 17.5 Å². The molecule has 0 amide bonds. The minimum atomic E-state index is -0.826. The van der Waals surface area contributed by atoms with Crippen LogP contribution < -0.4 is 0 Å². The Balaban J connectivity index is 0.000000169. The van der Waals surface area contributed by atoms with Crippen LogP contribution in [-0.2, 0) is 27.3 Å². The quantitative estimate of drug-likeness (QED) is 0.440. The summed E-state index contributed by atoms with van der Waals surface area (Å²) in [6.07, 6.45) is 1.14. The number of halogens is 2. The van der Waals surface area contributed by atoms with E-state index in [9.17, 15) is 0 Å². The molecule has 0 aromatic heterocycles. The molecule has 0 aliphatic carbocycles. The molecule has 0 unspecified atom stereocenters. The summed E-state index contributed by atoms with van der Waals surface area (Å²) in [5, 5.41) is 2.66. The zero-order valence-corrected chi connectivity index (χ0v) is 15.4. The van der Waals surface area contributed by atoms with Gasteiger partial charge in [-0.15, -0.1) is 29.7 Å². The molecular weight excluding hydrogens is 366 g/mol. The van der Waals surface area contributed by atoms with E-state index in [0.717, 1.165) is 6.42 Å². The zero-order valence-electron chi connectivity index (χ0n) is 11.4. The fraction of sp³-hybridized carbons (Fsp3) is 0.118. The van der Waals surface area contributed by atoms with Gasteiger partial charge in [-0.1, -0.05) is 43.3 Å². The molecule has 0 atom stereocenters. The summed E-state index contributed by atoms with van der Waals surface area (Å²) in [7, 11) is 9.87. The topological polar surface area (TPSA) is 0 Å². The molecular formula is C17H17Cl2Zr-. The molecule has 0 saturated heterocycles. The summed E-state index contributed by atoms with van der Waals surface area (Å²) in [5.41, 5.74) is 1.41. The van der Waals surface area contributed by atoms with Crippen molar-refractivity contribution in [2.45, 2.75) is 13.3 Å². The van der Waals surface area contributed by atoms with Crippen molar-refractivity contribution >= 4 is 27.8 Å². The third-order valence-corrected chi connectivity index (χ3v) is 2.80. The summed E-state index contributed by atoms with van der Waals surface area (Å²) in [6, 6.07) is 25.1. The SMILES string of the molecule is CCc1ccccc1.[Cl][Zr][Cl].c1ccc2[cH-]ccc2c1. The van der Waals surface area contributed by atoms with Crippen LogP contribution in [0.3, 0.4) is 0 Å². The Morgan fingerprint density at radius 2 is 1.50 bits per heavy atom. The third kappa shape index (κ3) is 6.79. The maximum absolute atomic E-state index is 4.93. The summed E-state index contributed by atoms with van der Waals surface area (Å²) >= 11 is -0.826. The molecule has 0 fully saturated rings. The Hall–Kier alpha value is -0.487. The van der Waals surface area contributed by atoms with Crippen LogP contribution in [0.2, 0.25) is 0 Å². The molecule has 3 rings (SSSR count). The van der Waals surface area contributed by atoms with Crippen molar-refractivity contribution in [3.8, 4) is 0 Å². The predicted octanol–water partition coefficient (Wildman–Crippen LogP) is 6.18. The zero-order chi connectivity index (χ0) is 14.6. The van der Waals surface area contributed by atoms with E-state index in [4.69, 9.17) is 17.0 Å². The molecule has 0 heterocycles. The average molecular weight is 383 g/mol. The third-order valence-electron chi connectivity index (χ3n) is 2.80. The fourth-order valence-corrected chi connectivity index (χ4v) is 1.78. The molecule has 3 aromatic carbocycles. The van der Waals surface area contributed by atoms with Gasteiger partial charge in [0.1, 0.15) is 0 Å². The van der Waals surface area contributed by atoms with Gasteiger partial charge < -0.3 is 0 Å². The molecule has 20 heavy (non-hydrogen) atoms. The normalized spacial score (nSPS) is 8.95. The van der Waals surface area contributed by atoms with Crippen LogP contribution >= 0.6 is 17.0 Å². The van der Waals surface area contributed by atoms with Crippen molar-refractivity contribution in [1.82, 2.24) is 0 Å². The van der Waals surface area contributed by atoms with E-state index in [1.165, 1.54) is 16.3 Å². The molecule has 104 valence electrons. The fourth-order valence-electron chi connectivity index (χ4n) is 1.78. The average Bonchev–Trinajstić information content (AvgIpc) is 2.98. The summed E-state index contributed by atoms with van der Waals surface area (Å²) in [4.78, 5) is 0. The molecule has 0 saturated carbocycles. The minimum Gasteiger partial charge on any atom is -0.168 e. The van der Waals surface area contributed by atoms with Crippen LogP contribution in [0.4, 0.5) is 0 Å². The van der Waals surface area contributed by atoms with Crippen molar-refractivity contribution < 1.29 is 20.8 Å². The van der Waals surface area contributed by atoms with E-state index >= 15 is 0 Å². The number of benzene rings is 2. The monoisotopic (exact) mass is 381 g/mol. The minimum absolute atomic E-state index is 0.826. The van der Waals surface area contributed by atoms with Gasteiger partial charge in [0.2, 0.25) is 0 Å². The number of hydrogen-bond acceptors (Lipinski definition) is 0. The first-order chi connectivity index (χ1) is 9.81. The van der Waals surface area contributed by atoms with Crippen LogP contribution in [-0.4, -0.2) is 0 Å². The van der Waals surface area contributed by atoms with E-state index in [1.807, 2.05) is 6.07 Å². The van der Waals surface area contributed by atoms with Gasteiger partial charge in [0.05, 0.1) is 0 Å². The first-order valence-corrected chi connectivity index (χ1v) is 12.8. The predicted molar refractivity (Wildman–Crippen MR) is 87.1 cm³/mol. The van der Waals surface area contributed by atoms with E-state index in [1.54, 1.807) is 0 Å². The van der Waals surface area contributed by atoms with Gasteiger partial charge >= 0.3 is 37.9 Å². The van der Waals surface area contributed by atoms with Gasteiger partial charge in [0.25, 0.3) is 0 Å². The first-order valence-electron chi connectivity index (χ1n) is 6.42. The maximum Gasteiger partial charge on any atom is -0.0809 e. The molecule has 0 aliphatic heterocycles. The number of hydrogen-bond donors (Lipinski definition) is 0. The van der Waals surface area contributed by atoms with E-state index < -0.39 is 20.8 Å². The molecule has 0 N–H and O–H groups in total. The Morgan fingerprint density at radius 3 is 2.05 bits per heavy atom. The van der Waals surface area contributed by atoms with Gasteiger partial charge in [-0.05, 0) is 12.0 Å².